The molecule has 2 aromatic rings. The minimum Gasteiger partial charge on any atom is -0.496 e. The molecule has 106 valence electrons. The zero-order valence-corrected chi connectivity index (χ0v) is 12.4. The summed E-state index contributed by atoms with van der Waals surface area (Å²) in [4.78, 5) is 27.1. The normalized spacial score (nSPS) is 15.7. The number of allylic oxidation sites excluding steroid dienone is 4. The highest BCUT2D eigenvalue weighted by atomic mass is 35.5. The van der Waals surface area contributed by atoms with Crippen LogP contribution >= 0.6 is 23.2 Å². The standard InChI is InChI=1S/C15H9Cl2NO3/c1-21-11-4-2-3-9-12(11)7(6-18-9)13-14(17)10(19)5-8(16)15(13)20/h2-6,18H,1H3. The molecule has 3 rings (SSSR count). The number of Topliss-reactive ketones (excluding diaryl/α,β-unsaturated/α-hetero) is 1. The van der Waals surface area contributed by atoms with Crippen molar-refractivity contribution in [1.29, 1.82) is 0 Å². The molecule has 4 nitrogen and oxygen atoms in total. The van der Waals surface area contributed by atoms with Gasteiger partial charge in [-0.25, -0.2) is 0 Å². The summed E-state index contributed by atoms with van der Waals surface area (Å²) in [6, 6.07) is 5.42. The summed E-state index contributed by atoms with van der Waals surface area (Å²) in [5, 5.41) is 0.389. The van der Waals surface area contributed by atoms with Gasteiger partial charge < -0.3 is 9.72 Å². The lowest BCUT2D eigenvalue weighted by atomic mass is 9.95. The van der Waals surface area contributed by atoms with Crippen molar-refractivity contribution >= 4 is 51.2 Å². The second-order valence-corrected chi connectivity index (χ2v) is 5.24. The molecule has 0 radical (unpaired) electrons. The molecule has 0 saturated heterocycles. The quantitative estimate of drug-likeness (QED) is 0.862. The minimum atomic E-state index is -0.486. The maximum atomic E-state index is 12.3. The topological polar surface area (TPSA) is 59.2 Å². The van der Waals surface area contributed by atoms with Gasteiger partial charge in [-0.15, -0.1) is 0 Å². The molecule has 1 aliphatic carbocycles. The van der Waals surface area contributed by atoms with E-state index in [1.54, 1.807) is 12.3 Å². The van der Waals surface area contributed by atoms with Crippen LogP contribution in [-0.2, 0) is 9.59 Å². The van der Waals surface area contributed by atoms with Crippen molar-refractivity contribution in [2.45, 2.75) is 0 Å². The molecule has 0 saturated carbocycles. The van der Waals surface area contributed by atoms with Crippen LogP contribution in [0.3, 0.4) is 0 Å². The van der Waals surface area contributed by atoms with Crippen molar-refractivity contribution in [2.24, 2.45) is 0 Å². The molecule has 1 N–H and O–H groups in total. The van der Waals surface area contributed by atoms with Gasteiger partial charge in [0.1, 0.15) is 5.75 Å². The number of fused-ring (bicyclic) bond motifs is 1. The van der Waals surface area contributed by atoms with Gasteiger partial charge in [0.25, 0.3) is 0 Å². The van der Waals surface area contributed by atoms with Crippen molar-refractivity contribution in [3.63, 3.8) is 0 Å². The van der Waals surface area contributed by atoms with Crippen LogP contribution in [0, 0.1) is 0 Å². The summed E-state index contributed by atoms with van der Waals surface area (Å²) in [5.74, 6) is -0.389. The molecule has 0 unspecified atom stereocenters. The zero-order valence-electron chi connectivity index (χ0n) is 10.9. The largest absolute Gasteiger partial charge is 0.496 e. The van der Waals surface area contributed by atoms with Crippen molar-refractivity contribution in [2.75, 3.05) is 7.11 Å². The molecule has 1 heterocycles. The van der Waals surface area contributed by atoms with E-state index in [0.29, 0.717) is 16.7 Å². The number of carbonyl (C=O) groups is 2. The second kappa shape index (κ2) is 5.06. The Hall–Kier alpha value is -2.04. The van der Waals surface area contributed by atoms with Crippen molar-refractivity contribution in [3.8, 4) is 5.75 Å². The second-order valence-electron chi connectivity index (χ2n) is 4.46. The van der Waals surface area contributed by atoms with Gasteiger partial charge in [0.15, 0.2) is 5.78 Å². The SMILES string of the molecule is COc1cccc2[nH]cc(C3=C(Cl)C(=O)C=C(Cl)C3=O)c12. The van der Waals surface area contributed by atoms with E-state index in [2.05, 4.69) is 4.98 Å². The van der Waals surface area contributed by atoms with E-state index in [4.69, 9.17) is 27.9 Å². The number of halogens is 2. The molecule has 1 aromatic carbocycles. The van der Waals surface area contributed by atoms with Crippen LogP contribution < -0.4 is 4.74 Å². The number of carbonyl (C=O) groups excluding carboxylic acids is 2. The van der Waals surface area contributed by atoms with E-state index in [-0.39, 0.29) is 15.6 Å². The highest BCUT2D eigenvalue weighted by molar-refractivity contribution is 6.62. The molecular weight excluding hydrogens is 313 g/mol. The highest BCUT2D eigenvalue weighted by Crippen LogP contribution is 2.38. The first kappa shape index (κ1) is 13.9. The number of ketones is 2. The number of methoxy groups -OCH3 is 1. The average Bonchev–Trinajstić information content (AvgIpc) is 2.89. The predicted octanol–water partition coefficient (Wildman–Crippen LogP) is 3.40. The van der Waals surface area contributed by atoms with E-state index < -0.39 is 11.6 Å². The molecule has 0 aliphatic heterocycles. The van der Waals surface area contributed by atoms with Gasteiger partial charge in [-0.05, 0) is 12.1 Å². The molecule has 0 bridgehead atoms. The van der Waals surface area contributed by atoms with E-state index in [0.717, 1.165) is 11.6 Å². The van der Waals surface area contributed by atoms with Gasteiger partial charge in [0, 0.05) is 28.7 Å². The minimum absolute atomic E-state index is 0.0879. The van der Waals surface area contributed by atoms with Crippen molar-refractivity contribution in [1.82, 2.24) is 4.98 Å². The molecule has 21 heavy (non-hydrogen) atoms. The Labute approximate surface area is 130 Å². The van der Waals surface area contributed by atoms with Crippen LogP contribution in [0.4, 0.5) is 0 Å². The Bertz CT molecular complexity index is 846. The predicted molar refractivity (Wildman–Crippen MR) is 81.6 cm³/mol. The van der Waals surface area contributed by atoms with E-state index in [1.807, 2.05) is 12.1 Å². The summed E-state index contributed by atoms with van der Waals surface area (Å²) in [7, 11) is 1.53. The Morgan fingerprint density at radius 3 is 2.67 bits per heavy atom. The summed E-state index contributed by atoms with van der Waals surface area (Å²) < 4.78 is 5.31. The van der Waals surface area contributed by atoms with E-state index in [1.165, 1.54) is 7.11 Å². The summed E-state index contributed by atoms with van der Waals surface area (Å²) >= 11 is 11.9. The van der Waals surface area contributed by atoms with Crippen LogP contribution in [0.1, 0.15) is 5.56 Å². The molecule has 0 atom stereocenters. The lowest BCUT2D eigenvalue weighted by Crippen LogP contribution is -2.13. The first-order valence-electron chi connectivity index (χ1n) is 6.05. The average molecular weight is 322 g/mol. The summed E-state index contributed by atoms with van der Waals surface area (Å²) in [6.45, 7) is 0. The number of nitrogens with one attached hydrogen (secondary N) is 1. The first-order chi connectivity index (χ1) is 10.0. The number of aromatic amines is 1. The molecule has 1 aromatic heterocycles. The van der Waals surface area contributed by atoms with Gasteiger partial charge in [-0.3, -0.25) is 9.59 Å². The van der Waals surface area contributed by atoms with Gasteiger partial charge in [-0.1, -0.05) is 29.3 Å². The third-order valence-corrected chi connectivity index (χ3v) is 3.95. The van der Waals surface area contributed by atoms with Crippen LogP contribution in [0.15, 0.2) is 40.5 Å². The third-order valence-electron chi connectivity index (χ3n) is 3.29. The fourth-order valence-corrected chi connectivity index (χ4v) is 2.78. The molecule has 0 fully saturated rings. The summed E-state index contributed by atoms with van der Waals surface area (Å²) in [6.07, 6.45) is 2.65. The number of ether oxygens (including phenoxy) is 1. The third kappa shape index (κ3) is 2.07. The fraction of sp³-hybridized carbons (Fsp3) is 0.0667. The lowest BCUT2D eigenvalue weighted by Gasteiger charge is -2.12. The maximum Gasteiger partial charge on any atom is 0.206 e. The molecule has 6 heteroatoms. The fourth-order valence-electron chi connectivity index (χ4n) is 2.35. The Morgan fingerprint density at radius 2 is 1.95 bits per heavy atom. The summed E-state index contributed by atoms with van der Waals surface area (Å²) in [5.41, 5.74) is 1.36. The number of aromatic nitrogens is 1. The van der Waals surface area contributed by atoms with Crippen LogP contribution in [0.25, 0.3) is 16.5 Å². The number of rotatable bonds is 2. The number of hydrogen-bond donors (Lipinski definition) is 1. The van der Waals surface area contributed by atoms with Gasteiger partial charge in [0.05, 0.1) is 22.7 Å². The van der Waals surface area contributed by atoms with Crippen LogP contribution in [0.2, 0.25) is 0 Å². The van der Waals surface area contributed by atoms with E-state index >= 15 is 0 Å². The molecule has 0 amide bonds. The molecule has 0 spiro atoms. The lowest BCUT2D eigenvalue weighted by molar-refractivity contribution is -0.113. The molecular formula is C15H9Cl2NO3. The van der Waals surface area contributed by atoms with Gasteiger partial charge in [-0.2, -0.15) is 0 Å². The monoisotopic (exact) mass is 321 g/mol. The number of benzene rings is 1. The Morgan fingerprint density at radius 1 is 1.19 bits per heavy atom. The van der Waals surface area contributed by atoms with Gasteiger partial charge >= 0.3 is 0 Å². The first-order valence-corrected chi connectivity index (χ1v) is 6.80. The zero-order chi connectivity index (χ0) is 15.1. The smallest absolute Gasteiger partial charge is 0.206 e. The number of H-pyrrole nitrogens is 1. The Balaban J connectivity index is 2.33. The van der Waals surface area contributed by atoms with Gasteiger partial charge in [0.2, 0.25) is 5.78 Å². The van der Waals surface area contributed by atoms with Crippen LogP contribution in [0.5, 0.6) is 5.75 Å². The Kier molecular flexibility index (Phi) is 3.35. The number of hydrogen-bond acceptors (Lipinski definition) is 3. The van der Waals surface area contributed by atoms with E-state index in [9.17, 15) is 9.59 Å². The molecule has 1 aliphatic rings. The van der Waals surface area contributed by atoms with Crippen LogP contribution in [-0.4, -0.2) is 23.7 Å². The van der Waals surface area contributed by atoms with Crippen molar-refractivity contribution in [3.05, 3.63) is 46.1 Å². The van der Waals surface area contributed by atoms with Crippen molar-refractivity contribution < 1.29 is 14.3 Å². The highest BCUT2D eigenvalue weighted by Gasteiger charge is 2.30. The maximum absolute atomic E-state index is 12.3.